The van der Waals surface area contributed by atoms with Crippen molar-refractivity contribution < 1.29 is 17.9 Å². The van der Waals surface area contributed by atoms with Gasteiger partial charge in [0.05, 0.1) is 5.69 Å². The predicted molar refractivity (Wildman–Crippen MR) is 123 cm³/mol. The molecule has 1 aromatic heterocycles. The largest absolute Gasteiger partial charge is 0.484 e. The summed E-state index contributed by atoms with van der Waals surface area (Å²) >= 11 is 0. The van der Waals surface area contributed by atoms with Gasteiger partial charge in [-0.25, -0.2) is 0 Å². The molecule has 0 amide bonds. The Kier molecular flexibility index (Phi) is 9.92. The van der Waals surface area contributed by atoms with Crippen molar-refractivity contribution in [3.63, 3.8) is 0 Å². The summed E-state index contributed by atoms with van der Waals surface area (Å²) < 4.78 is 44.4. The summed E-state index contributed by atoms with van der Waals surface area (Å²) in [7, 11) is 3.56. The number of rotatable bonds is 7. The molecule has 1 heterocycles. The number of benzene rings is 1. The molecule has 2 aromatic rings. The van der Waals surface area contributed by atoms with Crippen molar-refractivity contribution in [3.05, 3.63) is 46.3 Å². The number of nitrogens with one attached hydrogen (secondary N) is 2. The zero-order valence-corrected chi connectivity index (χ0v) is 20.2. The fraction of sp³-hybridized carbons (Fsp3) is 0.500. The minimum atomic E-state index is -4.38. The third kappa shape index (κ3) is 7.69. The lowest BCUT2D eigenvalue weighted by Gasteiger charge is -2.16. The Labute approximate surface area is 192 Å². The zero-order valence-electron chi connectivity index (χ0n) is 17.9. The van der Waals surface area contributed by atoms with Gasteiger partial charge in [-0.2, -0.15) is 18.3 Å². The van der Waals surface area contributed by atoms with Crippen LogP contribution in [0.3, 0.4) is 0 Å². The van der Waals surface area contributed by atoms with Crippen LogP contribution in [0.15, 0.2) is 23.2 Å². The molecule has 0 fully saturated rings. The second-order valence-electron chi connectivity index (χ2n) is 6.89. The monoisotopic (exact) mass is 539 g/mol. The van der Waals surface area contributed by atoms with Crippen LogP contribution in [0.25, 0.3) is 0 Å². The fourth-order valence-electron chi connectivity index (χ4n) is 2.99. The van der Waals surface area contributed by atoms with Gasteiger partial charge in [0, 0.05) is 38.4 Å². The number of aromatic nitrogens is 2. The Balaban J connectivity index is 0.00000450. The van der Waals surface area contributed by atoms with Gasteiger partial charge in [-0.3, -0.25) is 9.67 Å². The molecule has 6 nitrogen and oxygen atoms in total. The number of aliphatic imine (C=N–C) groups is 1. The van der Waals surface area contributed by atoms with E-state index in [9.17, 15) is 13.2 Å². The molecular weight excluding hydrogens is 510 g/mol. The minimum absolute atomic E-state index is 0. The lowest BCUT2D eigenvalue weighted by molar-refractivity contribution is -0.153. The number of ether oxygens (including phenoxy) is 1. The third-order valence-electron chi connectivity index (χ3n) is 4.61. The van der Waals surface area contributed by atoms with Crippen LogP contribution >= 0.6 is 24.0 Å². The molecule has 0 saturated carbocycles. The zero-order chi connectivity index (χ0) is 21.6. The lowest BCUT2D eigenvalue weighted by Crippen LogP contribution is -2.38. The molecule has 0 saturated heterocycles. The first-order valence-corrected chi connectivity index (χ1v) is 9.33. The summed E-state index contributed by atoms with van der Waals surface area (Å²) in [4.78, 5) is 4.17. The highest BCUT2D eigenvalue weighted by Crippen LogP contribution is 2.23. The van der Waals surface area contributed by atoms with Crippen molar-refractivity contribution in [1.29, 1.82) is 0 Å². The van der Waals surface area contributed by atoms with Crippen molar-refractivity contribution >= 4 is 29.9 Å². The molecule has 0 atom stereocenters. The molecule has 2 rings (SSSR count). The highest BCUT2D eigenvalue weighted by atomic mass is 127. The van der Waals surface area contributed by atoms with Crippen LogP contribution in [0.4, 0.5) is 13.2 Å². The van der Waals surface area contributed by atoms with Gasteiger partial charge >= 0.3 is 6.18 Å². The van der Waals surface area contributed by atoms with E-state index >= 15 is 0 Å². The summed E-state index contributed by atoms with van der Waals surface area (Å²) in [6, 6.07) is 5.19. The summed E-state index contributed by atoms with van der Waals surface area (Å²) in [5.41, 5.74) is 4.77. The van der Waals surface area contributed by atoms with E-state index in [0.717, 1.165) is 23.4 Å². The second-order valence-corrected chi connectivity index (χ2v) is 6.89. The van der Waals surface area contributed by atoms with Crippen LogP contribution in [0.5, 0.6) is 5.75 Å². The van der Waals surface area contributed by atoms with Crippen molar-refractivity contribution in [1.82, 2.24) is 20.4 Å². The van der Waals surface area contributed by atoms with Crippen LogP contribution < -0.4 is 15.4 Å². The van der Waals surface area contributed by atoms with E-state index in [2.05, 4.69) is 20.7 Å². The quantitative estimate of drug-likeness (QED) is 0.319. The molecule has 0 aliphatic heterocycles. The van der Waals surface area contributed by atoms with Crippen LogP contribution in [0, 0.1) is 20.8 Å². The highest BCUT2D eigenvalue weighted by Gasteiger charge is 2.28. The normalized spacial score (nSPS) is 11.8. The van der Waals surface area contributed by atoms with Crippen molar-refractivity contribution in [2.24, 2.45) is 12.0 Å². The molecule has 1 aromatic carbocycles. The third-order valence-corrected chi connectivity index (χ3v) is 4.61. The average Bonchev–Trinajstić information content (AvgIpc) is 2.89. The smallest absolute Gasteiger partial charge is 0.422 e. The molecule has 168 valence electrons. The first kappa shape index (κ1) is 26.1. The van der Waals surface area contributed by atoms with Crippen molar-refractivity contribution in [2.45, 2.75) is 39.9 Å². The van der Waals surface area contributed by atoms with Gasteiger partial charge < -0.3 is 15.4 Å². The molecule has 0 aliphatic carbocycles. The van der Waals surface area contributed by atoms with Gasteiger partial charge in [-0.15, -0.1) is 24.0 Å². The van der Waals surface area contributed by atoms with Gasteiger partial charge in [0.2, 0.25) is 0 Å². The number of aryl methyl sites for hydroxylation is 3. The molecule has 0 bridgehead atoms. The van der Waals surface area contributed by atoms with E-state index in [4.69, 9.17) is 4.74 Å². The first-order valence-electron chi connectivity index (χ1n) is 9.33. The maximum Gasteiger partial charge on any atom is 0.422 e. The van der Waals surface area contributed by atoms with E-state index in [0.29, 0.717) is 18.1 Å². The van der Waals surface area contributed by atoms with Gasteiger partial charge in [0.25, 0.3) is 0 Å². The summed E-state index contributed by atoms with van der Waals surface area (Å²) in [5, 5.41) is 10.7. The summed E-state index contributed by atoms with van der Waals surface area (Å²) in [5.74, 6) is 0.776. The molecule has 0 spiro atoms. The van der Waals surface area contributed by atoms with E-state index in [1.165, 1.54) is 5.56 Å². The SMILES string of the molecule is CN=C(NCCc1c(C)nn(C)c1C)NCc1ccc(C)cc1OCC(F)(F)F.I. The van der Waals surface area contributed by atoms with Crippen LogP contribution in [-0.2, 0) is 20.0 Å². The standard InChI is InChI=1S/C20H28F3N5O.HI/c1-13-6-7-16(18(10-13)29-12-20(21,22)23)11-26-19(24-4)25-9-8-17-14(2)27-28(5)15(17)3;/h6-7,10H,8-9,11-12H2,1-5H3,(H2,24,25,26);1H. The van der Waals surface area contributed by atoms with Crippen molar-refractivity contribution in [3.8, 4) is 5.75 Å². The average molecular weight is 539 g/mol. The van der Waals surface area contributed by atoms with Crippen LogP contribution in [0.1, 0.15) is 28.1 Å². The molecule has 30 heavy (non-hydrogen) atoms. The number of hydrogen-bond donors (Lipinski definition) is 2. The van der Waals surface area contributed by atoms with Crippen LogP contribution in [0.2, 0.25) is 0 Å². The molecule has 0 aliphatic rings. The van der Waals surface area contributed by atoms with E-state index in [-0.39, 0.29) is 36.3 Å². The van der Waals surface area contributed by atoms with Crippen LogP contribution in [-0.4, -0.2) is 42.1 Å². The number of hydrogen-bond acceptors (Lipinski definition) is 3. The Morgan fingerprint density at radius 3 is 2.47 bits per heavy atom. The molecule has 0 radical (unpaired) electrons. The Bertz CT molecular complexity index is 865. The topological polar surface area (TPSA) is 63.5 Å². The fourth-order valence-corrected chi connectivity index (χ4v) is 2.99. The van der Waals surface area contributed by atoms with Crippen molar-refractivity contribution in [2.75, 3.05) is 20.2 Å². The molecule has 0 unspecified atom stereocenters. The predicted octanol–water partition coefficient (Wildman–Crippen LogP) is 3.81. The van der Waals surface area contributed by atoms with Gasteiger partial charge in [-0.05, 0) is 44.4 Å². The van der Waals surface area contributed by atoms with Gasteiger partial charge in [0.15, 0.2) is 12.6 Å². The Morgan fingerprint density at radius 2 is 1.90 bits per heavy atom. The van der Waals surface area contributed by atoms with Gasteiger partial charge in [-0.1, -0.05) is 12.1 Å². The number of guanidine groups is 1. The summed E-state index contributed by atoms with van der Waals surface area (Å²) in [6.45, 7) is 5.44. The number of alkyl halides is 3. The Hall–Kier alpha value is -1.98. The Morgan fingerprint density at radius 1 is 1.20 bits per heavy atom. The lowest BCUT2D eigenvalue weighted by atomic mass is 10.1. The highest BCUT2D eigenvalue weighted by molar-refractivity contribution is 14.0. The van der Waals surface area contributed by atoms with E-state index in [1.54, 1.807) is 26.1 Å². The summed E-state index contributed by atoms with van der Waals surface area (Å²) in [6.07, 6.45) is -3.59. The first-order chi connectivity index (χ1) is 13.6. The van der Waals surface area contributed by atoms with E-state index < -0.39 is 12.8 Å². The molecule has 2 N–H and O–H groups in total. The molecular formula is C20H29F3IN5O. The molecule has 10 heteroatoms. The maximum absolute atomic E-state index is 12.5. The second kappa shape index (κ2) is 11.4. The number of nitrogens with zero attached hydrogens (tertiary/aromatic N) is 3. The minimum Gasteiger partial charge on any atom is -0.484 e. The van der Waals surface area contributed by atoms with Gasteiger partial charge in [0.1, 0.15) is 5.75 Å². The maximum atomic E-state index is 12.5. The number of halogens is 4. The van der Waals surface area contributed by atoms with E-state index in [1.807, 2.05) is 31.6 Å².